The summed E-state index contributed by atoms with van der Waals surface area (Å²) in [4.78, 5) is 12.9. The molecule has 3 N–H and O–H groups in total. The van der Waals surface area contributed by atoms with E-state index >= 15 is 0 Å². The van der Waals surface area contributed by atoms with Crippen molar-refractivity contribution in [2.45, 2.75) is 62.9 Å². The summed E-state index contributed by atoms with van der Waals surface area (Å²) >= 11 is 0. The molecule has 0 radical (unpaired) electrons. The molecular weight excluding hydrogens is 378 g/mol. The van der Waals surface area contributed by atoms with Crippen molar-refractivity contribution in [3.63, 3.8) is 0 Å². The average molecular weight is 406 g/mol. The molecule has 0 aliphatic heterocycles. The van der Waals surface area contributed by atoms with Gasteiger partial charge in [0.2, 0.25) is 15.9 Å². The molecule has 152 valence electrons. The zero-order valence-electron chi connectivity index (χ0n) is 16.2. The van der Waals surface area contributed by atoms with Crippen molar-refractivity contribution in [3.8, 4) is 11.3 Å². The smallest absolute Gasteiger partial charge is 0.245 e. The minimum Gasteiger partial charge on any atom is -0.352 e. The minimum atomic E-state index is -3.74. The van der Waals surface area contributed by atoms with E-state index in [2.05, 4.69) is 15.6 Å². The van der Waals surface area contributed by atoms with Crippen LogP contribution in [0.5, 0.6) is 0 Å². The predicted octanol–water partition coefficient (Wildman–Crippen LogP) is 2.24. The van der Waals surface area contributed by atoms with Crippen LogP contribution in [0.15, 0.2) is 35.4 Å². The van der Waals surface area contributed by atoms with Gasteiger partial charge in [-0.05, 0) is 30.9 Å². The van der Waals surface area contributed by atoms with E-state index < -0.39 is 16.1 Å². The van der Waals surface area contributed by atoms with E-state index in [0.29, 0.717) is 11.3 Å². The fourth-order valence-electron chi connectivity index (χ4n) is 3.62. The fraction of sp³-hybridized carbons (Fsp3) is 0.526. The second kappa shape index (κ2) is 8.40. The molecule has 1 amide bonds. The number of nitrogens with two attached hydrogens (primary N) is 1. The summed E-state index contributed by atoms with van der Waals surface area (Å²) < 4.78 is 24.4. The molecule has 3 rings (SSSR count). The Kier molecular flexibility index (Phi) is 6.14. The highest BCUT2D eigenvalue weighted by atomic mass is 32.2. The number of primary sulfonamides is 1. The standard InChI is InChI=1S/C19H27N5O3S/c1-13(2)18(19(25)21-15-6-4-3-5-7-15)24-12-17(22-23-24)14-8-10-16(11-9-14)28(20,26)27/h8-13,15,18H,3-7H2,1-2H3,(H,21,25)(H2,20,26,27). The van der Waals surface area contributed by atoms with Crippen molar-refractivity contribution in [1.82, 2.24) is 20.3 Å². The van der Waals surface area contributed by atoms with Gasteiger partial charge in [0, 0.05) is 11.6 Å². The summed E-state index contributed by atoms with van der Waals surface area (Å²) in [5.74, 6) is 0.00539. The molecule has 1 fully saturated rings. The van der Waals surface area contributed by atoms with Gasteiger partial charge in [-0.15, -0.1) is 5.10 Å². The molecule has 0 spiro atoms. The van der Waals surface area contributed by atoms with Gasteiger partial charge in [-0.1, -0.05) is 50.5 Å². The molecule has 9 heteroatoms. The van der Waals surface area contributed by atoms with Crippen LogP contribution in [0.25, 0.3) is 11.3 Å². The quantitative estimate of drug-likeness (QED) is 0.764. The number of amides is 1. The first-order valence-electron chi connectivity index (χ1n) is 9.61. The number of sulfonamides is 1. The Labute approximate surface area is 165 Å². The van der Waals surface area contributed by atoms with E-state index in [9.17, 15) is 13.2 Å². The highest BCUT2D eigenvalue weighted by molar-refractivity contribution is 7.89. The first-order valence-corrected chi connectivity index (χ1v) is 11.2. The van der Waals surface area contributed by atoms with Crippen molar-refractivity contribution >= 4 is 15.9 Å². The Hall–Kier alpha value is -2.26. The first kappa shape index (κ1) is 20.5. The molecule has 0 saturated heterocycles. The lowest BCUT2D eigenvalue weighted by Gasteiger charge is -2.27. The lowest BCUT2D eigenvalue weighted by Crippen LogP contribution is -2.42. The average Bonchev–Trinajstić information content (AvgIpc) is 3.11. The van der Waals surface area contributed by atoms with Crippen molar-refractivity contribution in [3.05, 3.63) is 30.5 Å². The van der Waals surface area contributed by atoms with Gasteiger partial charge in [-0.3, -0.25) is 4.79 Å². The highest BCUT2D eigenvalue weighted by Crippen LogP contribution is 2.24. The number of nitrogens with one attached hydrogen (secondary N) is 1. The van der Waals surface area contributed by atoms with E-state index in [1.54, 1.807) is 23.0 Å². The van der Waals surface area contributed by atoms with E-state index in [-0.39, 0.29) is 22.8 Å². The molecule has 1 atom stereocenters. The van der Waals surface area contributed by atoms with Gasteiger partial charge in [-0.2, -0.15) is 0 Å². The number of carbonyl (C=O) groups excluding carboxylic acids is 1. The van der Waals surface area contributed by atoms with Gasteiger partial charge in [0.15, 0.2) is 0 Å². The molecule has 1 aromatic heterocycles. The van der Waals surface area contributed by atoms with Crippen LogP contribution in [0, 0.1) is 5.92 Å². The number of hydrogen-bond acceptors (Lipinski definition) is 5. The maximum absolute atomic E-state index is 12.9. The van der Waals surface area contributed by atoms with Crippen LogP contribution < -0.4 is 10.5 Å². The Balaban J connectivity index is 1.78. The Morgan fingerprint density at radius 2 is 1.82 bits per heavy atom. The summed E-state index contributed by atoms with van der Waals surface area (Å²) in [6, 6.07) is 5.89. The number of hydrogen-bond donors (Lipinski definition) is 2. The largest absolute Gasteiger partial charge is 0.352 e. The monoisotopic (exact) mass is 405 g/mol. The van der Waals surface area contributed by atoms with E-state index in [1.807, 2.05) is 13.8 Å². The van der Waals surface area contributed by atoms with Crippen molar-refractivity contribution in [1.29, 1.82) is 0 Å². The van der Waals surface area contributed by atoms with Gasteiger partial charge < -0.3 is 5.32 Å². The first-order chi connectivity index (χ1) is 13.3. The number of aromatic nitrogens is 3. The molecule has 2 aromatic rings. The maximum atomic E-state index is 12.9. The number of carbonyl (C=O) groups is 1. The molecule has 28 heavy (non-hydrogen) atoms. The van der Waals surface area contributed by atoms with Crippen LogP contribution in [0.2, 0.25) is 0 Å². The van der Waals surface area contributed by atoms with Crippen LogP contribution in [0.4, 0.5) is 0 Å². The molecule has 1 aliphatic carbocycles. The number of benzene rings is 1. The second-order valence-electron chi connectivity index (χ2n) is 7.69. The molecule has 1 heterocycles. The lowest BCUT2D eigenvalue weighted by molar-refractivity contribution is -0.126. The molecule has 0 bridgehead atoms. The van der Waals surface area contributed by atoms with Gasteiger partial charge in [0.05, 0.1) is 11.1 Å². The topological polar surface area (TPSA) is 120 Å². The Morgan fingerprint density at radius 1 is 1.18 bits per heavy atom. The number of rotatable bonds is 6. The Morgan fingerprint density at radius 3 is 2.39 bits per heavy atom. The summed E-state index contributed by atoms with van der Waals surface area (Å²) in [7, 11) is -3.74. The van der Waals surface area contributed by atoms with Crippen molar-refractivity contribution in [2.75, 3.05) is 0 Å². The third-order valence-electron chi connectivity index (χ3n) is 5.13. The molecule has 1 unspecified atom stereocenters. The summed E-state index contributed by atoms with van der Waals surface area (Å²) in [6.07, 6.45) is 7.30. The van der Waals surface area contributed by atoms with E-state index in [1.165, 1.54) is 18.6 Å². The van der Waals surface area contributed by atoms with Crippen LogP contribution in [0.3, 0.4) is 0 Å². The summed E-state index contributed by atoms with van der Waals surface area (Å²) in [6.45, 7) is 3.96. The van der Waals surface area contributed by atoms with Crippen molar-refractivity contribution < 1.29 is 13.2 Å². The van der Waals surface area contributed by atoms with Crippen LogP contribution in [-0.2, 0) is 14.8 Å². The third-order valence-corrected chi connectivity index (χ3v) is 6.05. The molecule has 1 saturated carbocycles. The molecule has 1 aliphatic rings. The normalized spacial score (nSPS) is 16.9. The fourth-order valence-corrected chi connectivity index (χ4v) is 4.14. The van der Waals surface area contributed by atoms with Crippen LogP contribution in [-0.4, -0.2) is 35.4 Å². The Bertz CT molecular complexity index is 915. The van der Waals surface area contributed by atoms with Crippen LogP contribution >= 0.6 is 0 Å². The SMILES string of the molecule is CC(C)C(C(=O)NC1CCCCC1)n1cc(-c2ccc(S(N)(=O)=O)cc2)nn1. The molecular formula is C19H27N5O3S. The lowest BCUT2D eigenvalue weighted by atomic mass is 9.94. The van der Waals surface area contributed by atoms with Crippen molar-refractivity contribution in [2.24, 2.45) is 11.1 Å². The maximum Gasteiger partial charge on any atom is 0.245 e. The minimum absolute atomic E-state index is 0.0376. The molecule has 1 aromatic carbocycles. The third kappa shape index (κ3) is 4.77. The van der Waals surface area contributed by atoms with Gasteiger partial charge in [0.25, 0.3) is 0 Å². The molecule has 8 nitrogen and oxygen atoms in total. The second-order valence-corrected chi connectivity index (χ2v) is 9.25. The number of nitrogens with zero attached hydrogens (tertiary/aromatic N) is 3. The zero-order valence-corrected chi connectivity index (χ0v) is 17.0. The van der Waals surface area contributed by atoms with Gasteiger partial charge in [-0.25, -0.2) is 18.2 Å². The zero-order chi connectivity index (χ0) is 20.3. The van der Waals surface area contributed by atoms with E-state index in [4.69, 9.17) is 5.14 Å². The highest BCUT2D eigenvalue weighted by Gasteiger charge is 2.28. The van der Waals surface area contributed by atoms with E-state index in [0.717, 1.165) is 25.7 Å². The van der Waals surface area contributed by atoms with Gasteiger partial charge >= 0.3 is 0 Å². The summed E-state index contributed by atoms with van der Waals surface area (Å²) in [5, 5.41) is 16.6. The predicted molar refractivity (Wildman–Crippen MR) is 106 cm³/mol. The summed E-state index contributed by atoms with van der Waals surface area (Å²) in [5.41, 5.74) is 1.27. The van der Waals surface area contributed by atoms with Gasteiger partial charge in [0.1, 0.15) is 11.7 Å². The van der Waals surface area contributed by atoms with Crippen LogP contribution in [0.1, 0.15) is 52.0 Å².